The lowest BCUT2D eigenvalue weighted by Gasteiger charge is -2.25. The summed E-state index contributed by atoms with van der Waals surface area (Å²) in [7, 11) is 3.14. The van der Waals surface area contributed by atoms with E-state index in [0.29, 0.717) is 75.2 Å². The topological polar surface area (TPSA) is 96.4 Å². The third-order valence-corrected chi connectivity index (χ3v) is 6.84. The fourth-order valence-electron chi connectivity index (χ4n) is 4.95. The van der Waals surface area contributed by atoms with Gasteiger partial charge in [0, 0.05) is 38.0 Å². The van der Waals surface area contributed by atoms with Crippen molar-refractivity contribution in [2.75, 3.05) is 38.8 Å². The Labute approximate surface area is 205 Å². The van der Waals surface area contributed by atoms with Gasteiger partial charge < -0.3 is 24.4 Å². The Hall–Kier alpha value is -3.55. The second kappa shape index (κ2) is 10.8. The van der Waals surface area contributed by atoms with Crippen LogP contribution in [0.1, 0.15) is 52.7 Å². The molecule has 2 aromatic carbocycles. The predicted octanol–water partition coefficient (Wildman–Crippen LogP) is 4.11. The van der Waals surface area contributed by atoms with Crippen molar-refractivity contribution in [3.63, 3.8) is 0 Å². The number of nitrogens with zero attached hydrogens (tertiary/aromatic N) is 2. The molecule has 0 saturated heterocycles. The first-order valence-electron chi connectivity index (χ1n) is 12.1. The van der Waals surface area contributed by atoms with Crippen molar-refractivity contribution in [2.24, 2.45) is 0 Å². The van der Waals surface area contributed by atoms with Crippen molar-refractivity contribution < 1.29 is 29.0 Å². The minimum atomic E-state index is -0.964. The van der Waals surface area contributed by atoms with Crippen LogP contribution in [-0.4, -0.2) is 61.6 Å². The van der Waals surface area contributed by atoms with Gasteiger partial charge >= 0.3 is 6.09 Å². The molecule has 0 atom stereocenters. The standard InChI is InChI=1S/C27H32N2O6/c1-34-23-8-6-18(15-24(23)35-2)10-13-28(27(32)33)12-4-3-5-22(30)21-16-19-7-9-25(31)29-14-11-20(17-21)26(19)29/h6,8,15-17H,3-5,7,9-14H2,1-2H3,(H,32,33). The van der Waals surface area contributed by atoms with E-state index < -0.39 is 6.09 Å². The first-order valence-corrected chi connectivity index (χ1v) is 12.1. The Morgan fingerprint density at radius 1 is 0.971 bits per heavy atom. The Bertz CT molecular complexity index is 1130. The zero-order valence-electron chi connectivity index (χ0n) is 20.3. The number of ketones is 1. The van der Waals surface area contributed by atoms with Crippen LogP contribution < -0.4 is 14.4 Å². The summed E-state index contributed by atoms with van der Waals surface area (Å²) >= 11 is 0. The molecular weight excluding hydrogens is 448 g/mol. The molecule has 4 rings (SSSR count). The number of methoxy groups -OCH3 is 2. The summed E-state index contributed by atoms with van der Waals surface area (Å²) in [6.45, 7) is 1.44. The van der Waals surface area contributed by atoms with Crippen molar-refractivity contribution in [2.45, 2.75) is 44.9 Å². The molecule has 0 fully saturated rings. The van der Waals surface area contributed by atoms with Crippen LogP contribution in [0.2, 0.25) is 0 Å². The molecule has 0 unspecified atom stereocenters. The number of aryl methyl sites for hydroxylation is 1. The fraction of sp³-hybridized carbons (Fsp3) is 0.444. The van der Waals surface area contributed by atoms with Crippen LogP contribution in [0.25, 0.3) is 0 Å². The number of anilines is 1. The maximum atomic E-state index is 12.8. The number of carbonyl (C=O) groups is 3. The van der Waals surface area contributed by atoms with E-state index in [4.69, 9.17) is 9.47 Å². The molecule has 0 aliphatic carbocycles. The highest BCUT2D eigenvalue weighted by Gasteiger charge is 2.31. The molecule has 0 aromatic heterocycles. The lowest BCUT2D eigenvalue weighted by molar-refractivity contribution is -0.118. The molecule has 2 amide bonds. The van der Waals surface area contributed by atoms with Gasteiger partial charge in [0.1, 0.15) is 0 Å². The van der Waals surface area contributed by atoms with Crippen molar-refractivity contribution >= 4 is 23.5 Å². The summed E-state index contributed by atoms with van der Waals surface area (Å²) in [6.07, 6.45) is 3.19. The summed E-state index contributed by atoms with van der Waals surface area (Å²) in [4.78, 5) is 39.9. The summed E-state index contributed by atoms with van der Waals surface area (Å²) in [5, 5.41) is 9.60. The van der Waals surface area contributed by atoms with Gasteiger partial charge in [-0.2, -0.15) is 0 Å². The number of unbranched alkanes of at least 4 members (excludes halogenated alkanes) is 1. The summed E-state index contributed by atoms with van der Waals surface area (Å²) < 4.78 is 10.6. The van der Waals surface area contributed by atoms with E-state index in [1.165, 1.54) is 4.90 Å². The van der Waals surface area contributed by atoms with Gasteiger partial charge in [-0.15, -0.1) is 0 Å². The fourth-order valence-corrected chi connectivity index (χ4v) is 4.95. The number of rotatable bonds is 11. The largest absolute Gasteiger partial charge is 0.493 e. The second-order valence-electron chi connectivity index (χ2n) is 9.03. The molecular formula is C27H32N2O6. The lowest BCUT2D eigenvalue weighted by atomic mass is 9.94. The molecule has 35 heavy (non-hydrogen) atoms. The number of benzene rings is 2. The smallest absolute Gasteiger partial charge is 0.407 e. The maximum Gasteiger partial charge on any atom is 0.407 e. The Balaban J connectivity index is 1.28. The first-order chi connectivity index (χ1) is 16.9. The molecule has 2 aliphatic rings. The number of amides is 2. The highest BCUT2D eigenvalue weighted by atomic mass is 16.5. The van der Waals surface area contributed by atoms with E-state index >= 15 is 0 Å². The van der Waals surface area contributed by atoms with E-state index in [-0.39, 0.29) is 11.7 Å². The SMILES string of the molecule is COc1ccc(CCN(CCCCC(=O)c2cc3c4c(c2)CCN4C(=O)CC3)C(=O)O)cc1OC. The normalized spacial score (nSPS) is 14.0. The zero-order chi connectivity index (χ0) is 24.9. The molecule has 2 aromatic rings. The average molecular weight is 481 g/mol. The molecule has 8 nitrogen and oxygen atoms in total. The predicted molar refractivity (Wildman–Crippen MR) is 132 cm³/mol. The van der Waals surface area contributed by atoms with Crippen molar-refractivity contribution in [1.29, 1.82) is 0 Å². The van der Waals surface area contributed by atoms with E-state index in [1.807, 2.05) is 35.2 Å². The average Bonchev–Trinajstić information content (AvgIpc) is 3.30. The Morgan fingerprint density at radius 2 is 1.71 bits per heavy atom. The van der Waals surface area contributed by atoms with Crippen LogP contribution in [0.5, 0.6) is 11.5 Å². The lowest BCUT2D eigenvalue weighted by Crippen LogP contribution is -2.33. The summed E-state index contributed by atoms with van der Waals surface area (Å²) in [5.41, 5.74) is 4.87. The number of carboxylic acid groups (broad SMARTS) is 1. The van der Waals surface area contributed by atoms with Crippen LogP contribution in [0.15, 0.2) is 30.3 Å². The van der Waals surface area contributed by atoms with Gasteiger partial charge in [0.05, 0.1) is 19.9 Å². The molecule has 0 spiro atoms. The Kier molecular flexibility index (Phi) is 7.58. The van der Waals surface area contributed by atoms with E-state index in [2.05, 4.69) is 0 Å². The molecule has 2 heterocycles. The van der Waals surface area contributed by atoms with Gasteiger partial charge in [0.25, 0.3) is 0 Å². The van der Waals surface area contributed by atoms with Crippen LogP contribution in [0.4, 0.5) is 10.5 Å². The third-order valence-electron chi connectivity index (χ3n) is 6.84. The number of hydrogen-bond acceptors (Lipinski definition) is 5. The highest BCUT2D eigenvalue weighted by Crippen LogP contribution is 2.37. The van der Waals surface area contributed by atoms with E-state index in [0.717, 1.165) is 28.8 Å². The maximum absolute atomic E-state index is 12.8. The van der Waals surface area contributed by atoms with E-state index in [9.17, 15) is 19.5 Å². The van der Waals surface area contributed by atoms with Gasteiger partial charge in [-0.3, -0.25) is 9.59 Å². The highest BCUT2D eigenvalue weighted by molar-refractivity contribution is 6.02. The monoisotopic (exact) mass is 480 g/mol. The first kappa shape index (κ1) is 24.6. The number of hydrogen-bond donors (Lipinski definition) is 1. The molecule has 1 N–H and O–H groups in total. The minimum Gasteiger partial charge on any atom is -0.493 e. The number of Topliss-reactive ketones (excluding diaryl/α,β-unsaturated/α-hetero) is 1. The van der Waals surface area contributed by atoms with E-state index in [1.54, 1.807) is 14.2 Å². The summed E-state index contributed by atoms with van der Waals surface area (Å²) in [5.74, 6) is 1.50. The van der Waals surface area contributed by atoms with Crippen molar-refractivity contribution in [3.8, 4) is 11.5 Å². The molecule has 2 aliphatic heterocycles. The molecule has 0 radical (unpaired) electrons. The van der Waals surface area contributed by atoms with Gasteiger partial charge in [0.2, 0.25) is 5.91 Å². The van der Waals surface area contributed by atoms with Crippen LogP contribution in [-0.2, 0) is 24.1 Å². The quantitative estimate of drug-likeness (QED) is 0.384. The van der Waals surface area contributed by atoms with Crippen molar-refractivity contribution in [3.05, 3.63) is 52.6 Å². The number of ether oxygens (including phenoxy) is 2. The third kappa shape index (κ3) is 5.42. The minimum absolute atomic E-state index is 0.0756. The van der Waals surface area contributed by atoms with Crippen LogP contribution >= 0.6 is 0 Å². The van der Waals surface area contributed by atoms with Crippen LogP contribution in [0.3, 0.4) is 0 Å². The van der Waals surface area contributed by atoms with Crippen molar-refractivity contribution in [1.82, 2.24) is 4.90 Å². The second-order valence-corrected chi connectivity index (χ2v) is 9.03. The molecule has 0 saturated carbocycles. The van der Waals surface area contributed by atoms with Crippen LogP contribution in [0, 0.1) is 0 Å². The summed E-state index contributed by atoms with van der Waals surface area (Å²) in [6, 6.07) is 9.45. The van der Waals surface area contributed by atoms with Gasteiger partial charge in [-0.25, -0.2) is 4.79 Å². The van der Waals surface area contributed by atoms with Gasteiger partial charge in [-0.05, 0) is 73.1 Å². The van der Waals surface area contributed by atoms with Gasteiger partial charge in [-0.1, -0.05) is 6.07 Å². The zero-order valence-corrected chi connectivity index (χ0v) is 20.3. The number of carbonyl (C=O) groups excluding carboxylic acids is 2. The molecule has 0 bridgehead atoms. The van der Waals surface area contributed by atoms with Gasteiger partial charge in [0.15, 0.2) is 17.3 Å². The molecule has 186 valence electrons. The molecule has 8 heteroatoms. The Morgan fingerprint density at radius 3 is 2.43 bits per heavy atom.